The summed E-state index contributed by atoms with van der Waals surface area (Å²) < 4.78 is 10.1. The molecule has 0 aliphatic carbocycles. The molecule has 1 aromatic heterocycles. The largest absolute Gasteiger partial charge is 0.380 e. The first kappa shape index (κ1) is 17.0. The number of methoxy groups -OCH3 is 1. The zero-order chi connectivity index (χ0) is 17.8. The van der Waals surface area contributed by atoms with Crippen molar-refractivity contribution in [1.82, 2.24) is 10.5 Å². The number of rotatable bonds is 5. The molecule has 1 aliphatic rings. The summed E-state index contributed by atoms with van der Waals surface area (Å²) in [6.07, 6.45) is 0.380. The fourth-order valence-electron chi connectivity index (χ4n) is 2.63. The van der Waals surface area contributed by atoms with E-state index in [2.05, 4.69) is 21.1 Å². The molecule has 3 rings (SSSR count). The summed E-state index contributed by atoms with van der Waals surface area (Å²) >= 11 is 0. The minimum atomic E-state index is -0.238. The van der Waals surface area contributed by atoms with Gasteiger partial charge in [0.05, 0.1) is 24.5 Å². The zero-order valence-electron chi connectivity index (χ0n) is 14.1. The van der Waals surface area contributed by atoms with E-state index in [9.17, 15) is 9.59 Å². The number of nitrogens with one attached hydrogen (secondary N) is 3. The molecule has 1 aromatic carbocycles. The maximum atomic E-state index is 12.4. The number of carbonyl (C=O) groups excluding carboxylic acids is 2. The van der Waals surface area contributed by atoms with Crippen LogP contribution in [0.3, 0.4) is 0 Å². The maximum absolute atomic E-state index is 12.4. The van der Waals surface area contributed by atoms with Crippen LogP contribution in [0.15, 0.2) is 28.8 Å². The van der Waals surface area contributed by atoms with Crippen LogP contribution in [0.25, 0.3) is 0 Å². The Bertz CT molecular complexity index is 787. The number of carbonyl (C=O) groups is 2. The Labute approximate surface area is 144 Å². The normalized spacial score (nSPS) is 16.4. The van der Waals surface area contributed by atoms with Crippen LogP contribution in [-0.4, -0.2) is 30.1 Å². The van der Waals surface area contributed by atoms with Gasteiger partial charge < -0.3 is 25.2 Å². The molecular weight excluding hydrogens is 324 g/mol. The van der Waals surface area contributed by atoms with E-state index >= 15 is 0 Å². The quantitative estimate of drug-likeness (QED) is 0.765. The molecule has 0 radical (unpaired) electrons. The molecule has 8 nitrogen and oxygen atoms in total. The van der Waals surface area contributed by atoms with Gasteiger partial charge in [-0.25, -0.2) is 0 Å². The van der Waals surface area contributed by atoms with Gasteiger partial charge >= 0.3 is 0 Å². The monoisotopic (exact) mass is 344 g/mol. The van der Waals surface area contributed by atoms with Gasteiger partial charge in [0.2, 0.25) is 5.91 Å². The van der Waals surface area contributed by atoms with Crippen LogP contribution in [0.1, 0.15) is 35.2 Å². The molecule has 2 heterocycles. The molecule has 0 fully saturated rings. The standard InChI is InChI=1S/C17H20N4O4/c1-10-5-16(22)20-14-4-3-11(6-15(14)19-10)17(23)18-8-13-7-12(9-24-2)21-25-13/h3-4,6-7,10,19H,5,8-9H2,1-2H3,(H,18,23)(H,20,22). The van der Waals surface area contributed by atoms with Crippen molar-refractivity contribution in [3.8, 4) is 0 Å². The molecule has 8 heteroatoms. The van der Waals surface area contributed by atoms with E-state index in [0.29, 0.717) is 35.7 Å². The van der Waals surface area contributed by atoms with Crippen LogP contribution in [0.5, 0.6) is 0 Å². The van der Waals surface area contributed by atoms with Gasteiger partial charge in [0.1, 0.15) is 5.69 Å². The van der Waals surface area contributed by atoms with Crippen LogP contribution in [-0.2, 0) is 22.7 Å². The van der Waals surface area contributed by atoms with Gasteiger partial charge in [-0.3, -0.25) is 9.59 Å². The Morgan fingerprint density at radius 2 is 2.24 bits per heavy atom. The number of hydrogen-bond acceptors (Lipinski definition) is 6. The highest BCUT2D eigenvalue weighted by Crippen LogP contribution is 2.27. The van der Waals surface area contributed by atoms with Gasteiger partial charge in [0.25, 0.3) is 5.91 Å². The second-order valence-corrected chi connectivity index (χ2v) is 5.96. The SMILES string of the molecule is COCc1cc(CNC(=O)c2ccc3c(c2)NC(C)CC(=O)N3)on1. The third-order valence-corrected chi connectivity index (χ3v) is 3.77. The van der Waals surface area contributed by atoms with E-state index in [1.54, 1.807) is 31.4 Å². The summed E-state index contributed by atoms with van der Waals surface area (Å²) in [6.45, 7) is 2.51. The van der Waals surface area contributed by atoms with Crippen molar-refractivity contribution in [2.45, 2.75) is 32.5 Å². The zero-order valence-corrected chi connectivity index (χ0v) is 14.1. The smallest absolute Gasteiger partial charge is 0.251 e. The topological polar surface area (TPSA) is 105 Å². The second-order valence-electron chi connectivity index (χ2n) is 5.96. The van der Waals surface area contributed by atoms with Crippen molar-refractivity contribution < 1.29 is 18.8 Å². The van der Waals surface area contributed by atoms with Crippen molar-refractivity contribution in [2.24, 2.45) is 0 Å². The molecule has 2 amide bonds. The van der Waals surface area contributed by atoms with E-state index in [1.165, 1.54) is 0 Å². The first-order valence-electron chi connectivity index (χ1n) is 7.97. The Balaban J connectivity index is 1.67. The third-order valence-electron chi connectivity index (χ3n) is 3.77. The molecule has 2 aromatic rings. The first-order chi connectivity index (χ1) is 12.0. The van der Waals surface area contributed by atoms with E-state index in [0.717, 1.165) is 5.69 Å². The summed E-state index contributed by atoms with van der Waals surface area (Å²) in [7, 11) is 1.58. The van der Waals surface area contributed by atoms with Crippen molar-refractivity contribution in [1.29, 1.82) is 0 Å². The van der Waals surface area contributed by atoms with Crippen LogP contribution in [0.4, 0.5) is 11.4 Å². The van der Waals surface area contributed by atoms with E-state index in [4.69, 9.17) is 9.26 Å². The van der Waals surface area contributed by atoms with Gasteiger partial charge in [-0.1, -0.05) is 5.16 Å². The predicted molar refractivity (Wildman–Crippen MR) is 91.2 cm³/mol. The predicted octanol–water partition coefficient (Wildman–Crippen LogP) is 1.89. The Morgan fingerprint density at radius 3 is 3.04 bits per heavy atom. The lowest BCUT2D eigenvalue weighted by Gasteiger charge is -2.13. The summed E-state index contributed by atoms with van der Waals surface area (Å²) in [5, 5.41) is 12.7. The summed E-state index contributed by atoms with van der Waals surface area (Å²) in [5.74, 6) is 0.264. The average Bonchev–Trinajstić information content (AvgIpc) is 2.95. The molecule has 1 atom stereocenters. The molecule has 0 saturated carbocycles. The molecular formula is C17H20N4O4. The molecule has 132 valence electrons. The number of ether oxygens (including phenoxy) is 1. The molecule has 0 saturated heterocycles. The Kier molecular flexibility index (Phi) is 4.99. The fourth-order valence-corrected chi connectivity index (χ4v) is 2.63. The molecule has 1 aliphatic heterocycles. The third kappa shape index (κ3) is 4.16. The van der Waals surface area contributed by atoms with E-state index in [1.807, 2.05) is 6.92 Å². The van der Waals surface area contributed by atoms with E-state index < -0.39 is 0 Å². The summed E-state index contributed by atoms with van der Waals surface area (Å²) in [4.78, 5) is 24.1. The van der Waals surface area contributed by atoms with Crippen molar-refractivity contribution >= 4 is 23.2 Å². The number of benzene rings is 1. The van der Waals surface area contributed by atoms with Gasteiger partial charge in [-0.2, -0.15) is 0 Å². The number of aromatic nitrogens is 1. The van der Waals surface area contributed by atoms with Crippen molar-refractivity contribution in [2.75, 3.05) is 17.7 Å². The highest BCUT2D eigenvalue weighted by molar-refractivity contribution is 6.00. The first-order valence-corrected chi connectivity index (χ1v) is 7.97. The lowest BCUT2D eigenvalue weighted by Crippen LogP contribution is -2.23. The van der Waals surface area contributed by atoms with Gasteiger partial charge in [0, 0.05) is 31.2 Å². The number of fused-ring (bicyclic) bond motifs is 1. The number of anilines is 2. The number of hydrogen-bond donors (Lipinski definition) is 3. The van der Waals surface area contributed by atoms with Crippen molar-refractivity contribution in [3.63, 3.8) is 0 Å². The summed E-state index contributed by atoms with van der Waals surface area (Å²) in [6, 6.07) is 6.84. The molecule has 0 spiro atoms. The molecule has 1 unspecified atom stereocenters. The second kappa shape index (κ2) is 7.35. The highest BCUT2D eigenvalue weighted by atomic mass is 16.5. The molecule has 3 N–H and O–H groups in total. The molecule has 0 bridgehead atoms. The maximum Gasteiger partial charge on any atom is 0.251 e. The van der Waals surface area contributed by atoms with E-state index in [-0.39, 0.29) is 24.4 Å². The average molecular weight is 344 g/mol. The van der Waals surface area contributed by atoms with Crippen LogP contribution >= 0.6 is 0 Å². The van der Waals surface area contributed by atoms with Crippen LogP contribution in [0, 0.1) is 0 Å². The number of nitrogens with zero attached hydrogens (tertiary/aromatic N) is 1. The van der Waals surface area contributed by atoms with Gasteiger partial charge in [0.15, 0.2) is 5.76 Å². The minimum Gasteiger partial charge on any atom is -0.380 e. The van der Waals surface area contributed by atoms with Crippen LogP contribution < -0.4 is 16.0 Å². The Morgan fingerprint density at radius 1 is 1.40 bits per heavy atom. The highest BCUT2D eigenvalue weighted by Gasteiger charge is 2.19. The van der Waals surface area contributed by atoms with Crippen LogP contribution in [0.2, 0.25) is 0 Å². The lowest BCUT2D eigenvalue weighted by atomic mass is 10.1. The van der Waals surface area contributed by atoms with Gasteiger partial charge in [-0.15, -0.1) is 0 Å². The number of amides is 2. The lowest BCUT2D eigenvalue weighted by molar-refractivity contribution is -0.116. The minimum absolute atomic E-state index is 0.00652. The molecule has 25 heavy (non-hydrogen) atoms. The van der Waals surface area contributed by atoms with Gasteiger partial charge in [-0.05, 0) is 25.1 Å². The fraction of sp³-hybridized carbons (Fsp3) is 0.353. The van der Waals surface area contributed by atoms with Crippen molar-refractivity contribution in [3.05, 3.63) is 41.3 Å². The Hall–Kier alpha value is -2.87. The summed E-state index contributed by atoms with van der Waals surface area (Å²) in [5.41, 5.74) is 2.57.